The summed E-state index contributed by atoms with van der Waals surface area (Å²) in [7, 11) is 0. The lowest BCUT2D eigenvalue weighted by Gasteiger charge is -2.07. The van der Waals surface area contributed by atoms with Crippen LogP contribution in [0.25, 0.3) is 10.2 Å². The number of benzene rings is 1. The normalized spacial score (nSPS) is 10.8. The van der Waals surface area contributed by atoms with Gasteiger partial charge in [-0.3, -0.25) is 24.3 Å². The Balaban J connectivity index is 1.68. The zero-order valence-corrected chi connectivity index (χ0v) is 14.1. The van der Waals surface area contributed by atoms with Gasteiger partial charge in [0, 0.05) is 30.3 Å². The highest BCUT2D eigenvalue weighted by Gasteiger charge is 2.13. The number of hydrogen-bond donors (Lipinski definition) is 1. The molecule has 128 valence electrons. The maximum Gasteiger partial charge on any atom is 0.274 e. The van der Waals surface area contributed by atoms with Crippen LogP contribution in [-0.2, 0) is 11.3 Å². The molecule has 0 atom stereocenters. The Morgan fingerprint density at radius 2 is 2.20 bits per heavy atom. The van der Waals surface area contributed by atoms with Crippen LogP contribution in [0, 0.1) is 17.0 Å². The number of carbonyl (C=O) groups is 1. The van der Waals surface area contributed by atoms with Gasteiger partial charge in [-0.15, -0.1) is 11.3 Å². The summed E-state index contributed by atoms with van der Waals surface area (Å²) in [5.41, 5.74) is 0.622. The Bertz CT molecular complexity index is 1020. The first kappa shape index (κ1) is 16.8. The second-order valence-electron chi connectivity index (χ2n) is 5.44. The summed E-state index contributed by atoms with van der Waals surface area (Å²) in [5, 5.41) is 15.9. The molecule has 0 aliphatic rings. The van der Waals surface area contributed by atoms with E-state index in [0.717, 1.165) is 0 Å². The fourth-order valence-electron chi connectivity index (χ4n) is 2.38. The van der Waals surface area contributed by atoms with E-state index < -0.39 is 4.92 Å². The van der Waals surface area contributed by atoms with Crippen LogP contribution >= 0.6 is 11.3 Å². The molecule has 0 saturated heterocycles. The van der Waals surface area contributed by atoms with E-state index >= 15 is 0 Å². The summed E-state index contributed by atoms with van der Waals surface area (Å²) in [6, 6.07) is 6.20. The molecule has 9 heteroatoms. The smallest absolute Gasteiger partial charge is 0.274 e. The SMILES string of the molecule is Cc1ccc(NC(=O)CCn2cnc3sccc3c2=O)cc1[N+](=O)[O-]. The highest BCUT2D eigenvalue weighted by atomic mass is 32.1. The summed E-state index contributed by atoms with van der Waals surface area (Å²) in [6.07, 6.45) is 1.48. The molecule has 3 rings (SSSR count). The Hall–Kier alpha value is -3.07. The molecule has 0 saturated carbocycles. The quantitative estimate of drug-likeness (QED) is 0.557. The van der Waals surface area contributed by atoms with Crippen LogP contribution in [0.3, 0.4) is 0 Å². The van der Waals surface area contributed by atoms with Crippen LogP contribution in [-0.4, -0.2) is 20.4 Å². The maximum absolute atomic E-state index is 12.2. The largest absolute Gasteiger partial charge is 0.326 e. The highest BCUT2D eigenvalue weighted by Crippen LogP contribution is 2.22. The first-order chi connectivity index (χ1) is 12.0. The third-order valence-electron chi connectivity index (χ3n) is 3.72. The molecule has 2 aromatic heterocycles. The van der Waals surface area contributed by atoms with Gasteiger partial charge >= 0.3 is 0 Å². The number of aryl methyl sites for hydroxylation is 2. The molecule has 8 nitrogen and oxygen atoms in total. The van der Waals surface area contributed by atoms with Crippen LogP contribution in [0.15, 0.2) is 40.8 Å². The summed E-state index contributed by atoms with van der Waals surface area (Å²) in [6.45, 7) is 1.81. The minimum Gasteiger partial charge on any atom is -0.326 e. The van der Waals surface area contributed by atoms with Crippen LogP contribution in [0.2, 0.25) is 0 Å². The second-order valence-corrected chi connectivity index (χ2v) is 6.33. The predicted molar refractivity (Wildman–Crippen MR) is 95.0 cm³/mol. The van der Waals surface area contributed by atoms with Gasteiger partial charge in [0.15, 0.2) is 0 Å². The molecule has 2 heterocycles. The summed E-state index contributed by atoms with van der Waals surface area (Å²) < 4.78 is 1.38. The number of amides is 1. The van der Waals surface area contributed by atoms with Crippen molar-refractivity contribution in [3.63, 3.8) is 0 Å². The lowest BCUT2D eigenvalue weighted by atomic mass is 10.2. The van der Waals surface area contributed by atoms with Gasteiger partial charge in [-0.2, -0.15) is 0 Å². The molecule has 1 aromatic carbocycles. The number of carbonyl (C=O) groups excluding carboxylic acids is 1. The third-order valence-corrected chi connectivity index (χ3v) is 4.54. The first-order valence-electron chi connectivity index (χ1n) is 7.43. The van der Waals surface area contributed by atoms with Crippen molar-refractivity contribution in [3.05, 3.63) is 62.0 Å². The van der Waals surface area contributed by atoms with Gasteiger partial charge in [0.2, 0.25) is 5.91 Å². The lowest BCUT2D eigenvalue weighted by Crippen LogP contribution is -2.23. The van der Waals surface area contributed by atoms with Gasteiger partial charge in [0.1, 0.15) is 4.83 Å². The van der Waals surface area contributed by atoms with E-state index in [-0.39, 0.29) is 30.1 Å². The average Bonchev–Trinajstić information content (AvgIpc) is 3.05. The molecular weight excluding hydrogens is 344 g/mol. The van der Waals surface area contributed by atoms with Crippen LogP contribution in [0.4, 0.5) is 11.4 Å². The van der Waals surface area contributed by atoms with Crippen molar-refractivity contribution in [2.45, 2.75) is 19.9 Å². The fraction of sp³-hybridized carbons (Fsp3) is 0.188. The Morgan fingerprint density at radius 3 is 2.96 bits per heavy atom. The standard InChI is InChI=1S/C16H14N4O4S/c1-10-2-3-11(8-13(10)20(23)24)18-14(21)4-6-19-9-17-15-12(16(19)22)5-7-25-15/h2-3,5,7-9H,4,6H2,1H3,(H,18,21). The highest BCUT2D eigenvalue weighted by molar-refractivity contribution is 7.16. The molecular formula is C16H14N4O4S. The lowest BCUT2D eigenvalue weighted by molar-refractivity contribution is -0.385. The van der Waals surface area contributed by atoms with Crippen molar-refractivity contribution in [1.82, 2.24) is 9.55 Å². The van der Waals surface area contributed by atoms with Gasteiger partial charge < -0.3 is 5.32 Å². The van der Waals surface area contributed by atoms with Gasteiger partial charge in [-0.25, -0.2) is 4.98 Å². The van der Waals surface area contributed by atoms with E-state index in [4.69, 9.17) is 0 Å². The number of fused-ring (bicyclic) bond motifs is 1. The monoisotopic (exact) mass is 358 g/mol. The number of hydrogen-bond acceptors (Lipinski definition) is 6. The molecule has 0 radical (unpaired) electrons. The molecule has 3 aromatic rings. The molecule has 0 fully saturated rings. The van der Waals surface area contributed by atoms with E-state index in [1.165, 1.54) is 28.3 Å². The second kappa shape index (κ2) is 6.81. The van der Waals surface area contributed by atoms with Crippen molar-refractivity contribution >= 4 is 38.8 Å². The minimum absolute atomic E-state index is 0.0545. The van der Waals surface area contributed by atoms with Crippen molar-refractivity contribution in [2.75, 3.05) is 5.32 Å². The van der Waals surface area contributed by atoms with Gasteiger partial charge in [0.25, 0.3) is 11.2 Å². The molecule has 25 heavy (non-hydrogen) atoms. The number of nitro benzene ring substituents is 1. The minimum atomic E-state index is -0.494. The Morgan fingerprint density at radius 1 is 1.40 bits per heavy atom. The van der Waals surface area contributed by atoms with Crippen molar-refractivity contribution in [1.29, 1.82) is 0 Å². The zero-order chi connectivity index (χ0) is 18.0. The number of nitrogens with one attached hydrogen (secondary N) is 1. The van der Waals surface area contributed by atoms with Crippen molar-refractivity contribution in [3.8, 4) is 0 Å². The summed E-state index contributed by atoms with van der Waals surface area (Å²) in [4.78, 5) is 39.6. The number of anilines is 1. The van der Waals surface area contributed by atoms with Crippen LogP contribution in [0.5, 0.6) is 0 Å². The van der Waals surface area contributed by atoms with Gasteiger partial charge in [-0.05, 0) is 24.4 Å². The van der Waals surface area contributed by atoms with E-state index in [1.54, 1.807) is 30.5 Å². The van der Waals surface area contributed by atoms with E-state index in [1.807, 2.05) is 0 Å². The molecule has 0 aliphatic heterocycles. The molecule has 0 unspecified atom stereocenters. The van der Waals surface area contributed by atoms with Crippen molar-refractivity contribution < 1.29 is 9.72 Å². The van der Waals surface area contributed by atoms with Crippen LogP contribution < -0.4 is 10.9 Å². The zero-order valence-electron chi connectivity index (χ0n) is 13.3. The molecule has 0 aliphatic carbocycles. The van der Waals surface area contributed by atoms with E-state index in [2.05, 4.69) is 10.3 Å². The number of aromatic nitrogens is 2. The summed E-state index contributed by atoms with van der Waals surface area (Å²) >= 11 is 1.38. The van der Waals surface area contributed by atoms with Gasteiger partial charge in [-0.1, -0.05) is 6.07 Å². The molecule has 0 spiro atoms. The fourth-order valence-corrected chi connectivity index (χ4v) is 3.11. The first-order valence-corrected chi connectivity index (χ1v) is 8.31. The number of nitro groups is 1. The Kier molecular flexibility index (Phi) is 4.57. The third kappa shape index (κ3) is 3.56. The molecule has 1 N–H and O–H groups in total. The van der Waals surface area contributed by atoms with Crippen molar-refractivity contribution in [2.24, 2.45) is 0 Å². The van der Waals surface area contributed by atoms with Gasteiger partial charge in [0.05, 0.1) is 16.6 Å². The van der Waals surface area contributed by atoms with E-state index in [9.17, 15) is 19.7 Å². The topological polar surface area (TPSA) is 107 Å². The number of thiophene rings is 1. The number of rotatable bonds is 5. The van der Waals surface area contributed by atoms with E-state index in [0.29, 0.717) is 21.5 Å². The summed E-state index contributed by atoms with van der Waals surface area (Å²) in [5.74, 6) is -0.338. The average molecular weight is 358 g/mol. The Labute approximate surface area is 145 Å². The maximum atomic E-state index is 12.2. The van der Waals surface area contributed by atoms with Crippen LogP contribution in [0.1, 0.15) is 12.0 Å². The molecule has 0 bridgehead atoms. The number of nitrogens with zero attached hydrogens (tertiary/aromatic N) is 3. The molecule has 1 amide bonds. The predicted octanol–water partition coefficient (Wildman–Crippen LogP) is 2.70.